The second kappa shape index (κ2) is 6.24. The molecule has 0 aliphatic carbocycles. The summed E-state index contributed by atoms with van der Waals surface area (Å²) in [4.78, 5) is 0. The molecular formula is C10H13F2NO3. The van der Waals surface area contributed by atoms with Crippen LogP contribution in [0.1, 0.15) is 0 Å². The molecule has 0 saturated carbocycles. The quantitative estimate of drug-likeness (QED) is 0.687. The first-order valence-corrected chi connectivity index (χ1v) is 4.69. The molecule has 3 N–H and O–H groups in total. The molecule has 0 heterocycles. The Labute approximate surface area is 91.5 Å². The number of alkyl halides is 2. The maximum absolute atomic E-state index is 11.8. The summed E-state index contributed by atoms with van der Waals surface area (Å²) in [6.45, 7) is -2.99. The SMILES string of the molecule is OCC(O)CNc1ccc(OC(F)F)cc1. The van der Waals surface area contributed by atoms with Crippen LogP contribution in [-0.4, -0.2) is 36.1 Å². The van der Waals surface area contributed by atoms with E-state index in [1.54, 1.807) is 12.1 Å². The highest BCUT2D eigenvalue weighted by molar-refractivity contribution is 5.46. The summed E-state index contributed by atoms with van der Waals surface area (Å²) in [7, 11) is 0. The second-order valence-electron chi connectivity index (χ2n) is 3.12. The highest BCUT2D eigenvalue weighted by Gasteiger charge is 2.04. The van der Waals surface area contributed by atoms with Crippen LogP contribution < -0.4 is 10.1 Å². The summed E-state index contributed by atoms with van der Waals surface area (Å²) in [5.41, 5.74) is 0.647. The van der Waals surface area contributed by atoms with E-state index in [0.29, 0.717) is 5.69 Å². The highest BCUT2D eigenvalue weighted by atomic mass is 19.3. The van der Waals surface area contributed by atoms with Crippen molar-refractivity contribution in [1.82, 2.24) is 0 Å². The minimum Gasteiger partial charge on any atom is -0.435 e. The summed E-state index contributed by atoms with van der Waals surface area (Å²) in [5, 5.41) is 20.4. The number of anilines is 1. The maximum atomic E-state index is 11.8. The predicted molar refractivity (Wildman–Crippen MR) is 54.7 cm³/mol. The number of hydrogen-bond acceptors (Lipinski definition) is 4. The van der Waals surface area contributed by atoms with E-state index in [1.807, 2.05) is 0 Å². The van der Waals surface area contributed by atoms with E-state index < -0.39 is 12.7 Å². The van der Waals surface area contributed by atoms with Crippen LogP contribution in [0.25, 0.3) is 0 Å². The molecule has 1 rings (SSSR count). The fourth-order valence-corrected chi connectivity index (χ4v) is 1.05. The normalized spacial score (nSPS) is 12.6. The third-order valence-electron chi connectivity index (χ3n) is 1.83. The zero-order valence-corrected chi connectivity index (χ0v) is 8.44. The van der Waals surface area contributed by atoms with E-state index in [1.165, 1.54) is 12.1 Å². The first-order valence-electron chi connectivity index (χ1n) is 4.69. The smallest absolute Gasteiger partial charge is 0.387 e. The summed E-state index contributed by atoms with van der Waals surface area (Å²) >= 11 is 0. The average Bonchev–Trinajstić information content (AvgIpc) is 2.27. The molecule has 1 atom stereocenters. The van der Waals surface area contributed by atoms with Crippen molar-refractivity contribution in [3.05, 3.63) is 24.3 Å². The van der Waals surface area contributed by atoms with Gasteiger partial charge in [0, 0.05) is 12.2 Å². The summed E-state index contributed by atoms with van der Waals surface area (Å²) in [6.07, 6.45) is -0.850. The number of aliphatic hydroxyl groups excluding tert-OH is 2. The molecule has 1 aromatic carbocycles. The van der Waals surface area contributed by atoms with Gasteiger partial charge in [0.15, 0.2) is 0 Å². The van der Waals surface area contributed by atoms with Gasteiger partial charge in [-0.05, 0) is 24.3 Å². The summed E-state index contributed by atoms with van der Waals surface area (Å²) < 4.78 is 27.8. The Morgan fingerprint density at radius 3 is 2.38 bits per heavy atom. The van der Waals surface area contributed by atoms with E-state index in [4.69, 9.17) is 10.2 Å². The molecule has 1 unspecified atom stereocenters. The number of nitrogens with one attached hydrogen (secondary N) is 1. The van der Waals surface area contributed by atoms with Gasteiger partial charge in [-0.15, -0.1) is 0 Å². The fourth-order valence-electron chi connectivity index (χ4n) is 1.05. The zero-order chi connectivity index (χ0) is 12.0. The molecule has 4 nitrogen and oxygen atoms in total. The molecule has 1 aromatic rings. The van der Waals surface area contributed by atoms with E-state index in [9.17, 15) is 8.78 Å². The third kappa shape index (κ3) is 4.41. The van der Waals surface area contributed by atoms with Crippen LogP contribution in [0.2, 0.25) is 0 Å². The summed E-state index contributed by atoms with van der Waals surface area (Å²) in [5.74, 6) is 0.0725. The molecule has 0 saturated heterocycles. The fraction of sp³-hybridized carbons (Fsp3) is 0.400. The molecule has 0 bridgehead atoms. The lowest BCUT2D eigenvalue weighted by molar-refractivity contribution is -0.0498. The molecule has 16 heavy (non-hydrogen) atoms. The van der Waals surface area contributed by atoms with Crippen molar-refractivity contribution in [2.45, 2.75) is 12.7 Å². The Hall–Kier alpha value is -1.40. The minimum atomic E-state index is -2.84. The van der Waals surface area contributed by atoms with Crippen molar-refractivity contribution in [2.75, 3.05) is 18.5 Å². The number of aliphatic hydroxyl groups is 2. The summed E-state index contributed by atoms with van der Waals surface area (Å²) in [6, 6.07) is 5.86. The van der Waals surface area contributed by atoms with Gasteiger partial charge in [-0.25, -0.2) is 0 Å². The van der Waals surface area contributed by atoms with Gasteiger partial charge in [-0.1, -0.05) is 0 Å². The van der Waals surface area contributed by atoms with E-state index in [-0.39, 0.29) is 18.9 Å². The number of halogens is 2. The van der Waals surface area contributed by atoms with Gasteiger partial charge in [0.05, 0.1) is 12.7 Å². The van der Waals surface area contributed by atoms with Crippen LogP contribution in [0.3, 0.4) is 0 Å². The topological polar surface area (TPSA) is 61.7 Å². The van der Waals surface area contributed by atoms with Gasteiger partial charge in [-0.3, -0.25) is 0 Å². The molecule has 6 heteroatoms. The molecule has 0 aliphatic heterocycles. The molecule has 0 amide bonds. The average molecular weight is 233 g/mol. The van der Waals surface area contributed by atoms with Crippen LogP contribution >= 0.6 is 0 Å². The van der Waals surface area contributed by atoms with Gasteiger partial charge in [0.2, 0.25) is 0 Å². The Balaban J connectivity index is 2.45. The first-order chi connectivity index (χ1) is 7.61. The van der Waals surface area contributed by atoms with E-state index >= 15 is 0 Å². The van der Waals surface area contributed by atoms with Crippen molar-refractivity contribution in [1.29, 1.82) is 0 Å². The van der Waals surface area contributed by atoms with Crippen molar-refractivity contribution in [3.63, 3.8) is 0 Å². The monoisotopic (exact) mass is 233 g/mol. The maximum Gasteiger partial charge on any atom is 0.387 e. The van der Waals surface area contributed by atoms with E-state index in [2.05, 4.69) is 10.1 Å². The van der Waals surface area contributed by atoms with Crippen molar-refractivity contribution < 1.29 is 23.7 Å². The van der Waals surface area contributed by atoms with Gasteiger partial charge >= 0.3 is 6.61 Å². The predicted octanol–water partition coefficient (Wildman–Crippen LogP) is 1.05. The van der Waals surface area contributed by atoms with Crippen molar-refractivity contribution in [3.8, 4) is 5.75 Å². The lowest BCUT2D eigenvalue weighted by Gasteiger charge is -2.10. The standard InChI is InChI=1S/C10H13F2NO3/c11-10(12)16-9-3-1-7(2-4-9)13-5-8(15)6-14/h1-4,8,10,13-15H,5-6H2. The Morgan fingerprint density at radius 1 is 1.25 bits per heavy atom. The highest BCUT2D eigenvalue weighted by Crippen LogP contribution is 2.17. The van der Waals surface area contributed by atoms with Crippen molar-refractivity contribution in [2.24, 2.45) is 0 Å². The van der Waals surface area contributed by atoms with Crippen LogP contribution in [0.4, 0.5) is 14.5 Å². The van der Waals surface area contributed by atoms with Crippen LogP contribution in [0, 0.1) is 0 Å². The Bertz CT molecular complexity index is 305. The lowest BCUT2D eigenvalue weighted by Crippen LogP contribution is -2.22. The number of rotatable bonds is 6. The van der Waals surface area contributed by atoms with Gasteiger partial charge in [-0.2, -0.15) is 8.78 Å². The van der Waals surface area contributed by atoms with Crippen LogP contribution in [0.15, 0.2) is 24.3 Å². The van der Waals surface area contributed by atoms with Crippen LogP contribution in [-0.2, 0) is 0 Å². The van der Waals surface area contributed by atoms with Crippen molar-refractivity contribution >= 4 is 5.69 Å². The van der Waals surface area contributed by atoms with Gasteiger partial charge in [0.1, 0.15) is 5.75 Å². The number of hydrogen-bond donors (Lipinski definition) is 3. The molecular weight excluding hydrogens is 220 g/mol. The number of ether oxygens (including phenoxy) is 1. The molecule has 90 valence electrons. The zero-order valence-electron chi connectivity index (χ0n) is 8.44. The molecule has 0 aromatic heterocycles. The molecule has 0 radical (unpaired) electrons. The Morgan fingerprint density at radius 2 is 1.88 bits per heavy atom. The molecule has 0 aliphatic rings. The number of benzene rings is 1. The molecule has 0 spiro atoms. The lowest BCUT2D eigenvalue weighted by atomic mass is 10.3. The first kappa shape index (κ1) is 12.7. The third-order valence-corrected chi connectivity index (χ3v) is 1.83. The van der Waals surface area contributed by atoms with Gasteiger partial charge < -0.3 is 20.3 Å². The largest absolute Gasteiger partial charge is 0.435 e. The van der Waals surface area contributed by atoms with Gasteiger partial charge in [0.25, 0.3) is 0 Å². The molecule has 0 fully saturated rings. The Kier molecular flexibility index (Phi) is 4.94. The minimum absolute atomic E-state index is 0.0725. The van der Waals surface area contributed by atoms with Crippen LogP contribution in [0.5, 0.6) is 5.75 Å². The van der Waals surface area contributed by atoms with E-state index in [0.717, 1.165) is 0 Å². The second-order valence-corrected chi connectivity index (χ2v) is 3.12.